The number of rotatable bonds is 6. The molecule has 2 aromatic carbocycles. The van der Waals surface area contributed by atoms with Gasteiger partial charge in [-0.1, -0.05) is 11.2 Å². The molecular weight excluding hydrogens is 676 g/mol. The molecule has 6 N–H and O–H groups in total. The zero-order valence-electron chi connectivity index (χ0n) is 28.1. The lowest BCUT2D eigenvalue weighted by Crippen LogP contribution is -2.73. The van der Waals surface area contributed by atoms with Gasteiger partial charge in [-0.15, -0.1) is 0 Å². The number of esters is 1. The van der Waals surface area contributed by atoms with Crippen molar-refractivity contribution in [3.05, 3.63) is 68.4 Å². The first-order valence-corrected chi connectivity index (χ1v) is 15.5. The highest BCUT2D eigenvalue weighted by Gasteiger charge is 2.72. The Bertz CT molecular complexity index is 2000. The van der Waals surface area contributed by atoms with Crippen LogP contribution in [0.15, 0.2) is 29.1 Å². The average molecular weight is 711 g/mol. The number of aryl methyl sites for hydroxylation is 1. The number of benzene rings is 2. The number of nitrogens with zero attached hydrogens (tertiary/aromatic N) is 1. The number of Topliss-reactive ketones (excluding diaryl/α,β-unsaturated/α-hetero) is 3. The molecule has 51 heavy (non-hydrogen) atoms. The van der Waals surface area contributed by atoms with Crippen molar-refractivity contribution in [3.8, 4) is 11.5 Å². The minimum Gasteiger partial charge on any atom is -0.507 e. The Labute approximate surface area is 289 Å². The van der Waals surface area contributed by atoms with Crippen molar-refractivity contribution in [2.45, 2.75) is 62.1 Å². The van der Waals surface area contributed by atoms with Gasteiger partial charge in [0.2, 0.25) is 17.3 Å². The van der Waals surface area contributed by atoms with E-state index in [0.29, 0.717) is 0 Å². The van der Waals surface area contributed by atoms with E-state index in [1.165, 1.54) is 27.2 Å². The van der Waals surface area contributed by atoms with Crippen LogP contribution in [-0.4, -0.2) is 125 Å². The van der Waals surface area contributed by atoms with E-state index in [-0.39, 0.29) is 16.8 Å². The van der Waals surface area contributed by atoms with Crippen molar-refractivity contribution in [1.29, 1.82) is 0 Å². The van der Waals surface area contributed by atoms with Crippen LogP contribution in [0.4, 0.5) is 0 Å². The van der Waals surface area contributed by atoms with Gasteiger partial charge < -0.3 is 54.6 Å². The Morgan fingerprint density at radius 1 is 0.980 bits per heavy atom. The molecule has 0 unspecified atom stereocenters. The third-order valence-corrected chi connectivity index (χ3v) is 10.1. The molecule has 17 nitrogen and oxygen atoms in total. The van der Waals surface area contributed by atoms with E-state index in [2.05, 4.69) is 10.5 Å². The second-order valence-electron chi connectivity index (χ2n) is 12.5. The molecule has 3 aliphatic carbocycles. The van der Waals surface area contributed by atoms with Gasteiger partial charge in [0.15, 0.2) is 23.2 Å². The minimum atomic E-state index is -3.24. The maximum Gasteiger partial charge on any atom is 0.341 e. The molecule has 7 atom stereocenters. The molecule has 1 heterocycles. The van der Waals surface area contributed by atoms with Gasteiger partial charge in [-0.05, 0) is 31.0 Å². The Kier molecular flexibility index (Phi) is 8.65. The van der Waals surface area contributed by atoms with Crippen molar-refractivity contribution in [2.75, 3.05) is 28.4 Å². The maximum absolute atomic E-state index is 14.6. The van der Waals surface area contributed by atoms with Crippen molar-refractivity contribution in [1.82, 2.24) is 5.32 Å². The molecule has 1 aliphatic heterocycles. The van der Waals surface area contributed by atoms with Gasteiger partial charge in [0.05, 0.1) is 36.1 Å². The van der Waals surface area contributed by atoms with E-state index in [0.717, 1.165) is 26.4 Å². The Morgan fingerprint density at radius 3 is 2.24 bits per heavy atom. The molecule has 1 fully saturated rings. The summed E-state index contributed by atoms with van der Waals surface area (Å²) in [5.41, 5.74) is -10.2. The average Bonchev–Trinajstić information content (AvgIpc) is 3.08. The van der Waals surface area contributed by atoms with Crippen molar-refractivity contribution < 1.29 is 73.3 Å². The van der Waals surface area contributed by atoms with E-state index < -0.39 is 128 Å². The highest BCUT2D eigenvalue weighted by Crippen LogP contribution is 2.56. The van der Waals surface area contributed by atoms with Gasteiger partial charge in [0.25, 0.3) is 0 Å². The summed E-state index contributed by atoms with van der Waals surface area (Å²) in [6, 6.07) is 2.16. The monoisotopic (exact) mass is 710 g/mol. The standard InChI is InChI=1S/C34H34N2O15/c1-11-7-13-8-18(38)34(50-6)30(43)21-15(29(42)33(34,45)22(13)26(41)19(11)32(44)49-5)9-14-20(25(21)40)17(37)10-16(24(14)39)35-31-28(48-4)23(36-46)27(47-3)12(2)51-31/h7,9-10,12,18,27-28,31,35,38,40-41,45-46H,8H2,1-6H3/t12-,18+,27-,28+,31-,33-,34+/m0/s1. The lowest BCUT2D eigenvalue weighted by Gasteiger charge is -2.52. The smallest absolute Gasteiger partial charge is 0.341 e. The summed E-state index contributed by atoms with van der Waals surface area (Å²) in [4.78, 5) is 69.3. The van der Waals surface area contributed by atoms with E-state index >= 15 is 0 Å². The summed E-state index contributed by atoms with van der Waals surface area (Å²) in [7, 11) is 4.59. The van der Waals surface area contributed by atoms with Crippen molar-refractivity contribution in [3.63, 3.8) is 0 Å². The molecule has 0 bridgehead atoms. The van der Waals surface area contributed by atoms with Crippen molar-refractivity contribution in [2.24, 2.45) is 5.16 Å². The predicted molar refractivity (Wildman–Crippen MR) is 169 cm³/mol. The number of aliphatic hydroxyl groups is 2. The van der Waals surface area contributed by atoms with Crippen LogP contribution in [0.5, 0.6) is 11.5 Å². The van der Waals surface area contributed by atoms with Gasteiger partial charge in [-0.25, -0.2) is 4.79 Å². The number of aromatic hydroxyl groups is 2. The van der Waals surface area contributed by atoms with Gasteiger partial charge in [0, 0.05) is 50.5 Å². The first kappa shape index (κ1) is 35.8. The fraction of sp³-hybridized carbons (Fsp3) is 0.412. The number of hydrogen-bond acceptors (Lipinski definition) is 17. The van der Waals surface area contributed by atoms with Crippen LogP contribution in [0.1, 0.15) is 75.4 Å². The fourth-order valence-corrected chi connectivity index (χ4v) is 7.82. The Hall–Kier alpha value is -5.04. The number of fused-ring (bicyclic) bond motifs is 5. The molecule has 2 aromatic rings. The number of phenolic OH excluding ortho intramolecular Hbond substituents is 2. The molecule has 0 radical (unpaired) electrons. The number of hydrogen-bond donors (Lipinski definition) is 6. The van der Waals surface area contributed by atoms with Crippen LogP contribution in [0, 0.1) is 6.92 Å². The second-order valence-corrected chi connectivity index (χ2v) is 12.5. The van der Waals surface area contributed by atoms with Crippen LogP contribution in [0.25, 0.3) is 0 Å². The van der Waals surface area contributed by atoms with E-state index in [9.17, 15) is 49.6 Å². The predicted octanol–water partition coefficient (Wildman–Crippen LogP) is 0.219. The number of ether oxygens (including phenoxy) is 5. The highest BCUT2D eigenvalue weighted by atomic mass is 16.6. The fourth-order valence-electron chi connectivity index (χ4n) is 7.82. The number of nitrogens with one attached hydrogen (secondary N) is 1. The van der Waals surface area contributed by atoms with Crippen LogP contribution in [-0.2, 0) is 35.7 Å². The van der Waals surface area contributed by atoms with Crippen molar-refractivity contribution >= 4 is 34.8 Å². The summed E-state index contributed by atoms with van der Waals surface area (Å²) in [5, 5.41) is 62.5. The summed E-state index contributed by atoms with van der Waals surface area (Å²) in [6.45, 7) is 3.04. The number of methoxy groups -OCH3 is 4. The largest absolute Gasteiger partial charge is 0.507 e. The van der Waals surface area contributed by atoms with Crippen LogP contribution in [0.3, 0.4) is 0 Å². The molecule has 1 saturated heterocycles. The summed E-state index contributed by atoms with van der Waals surface area (Å²) in [5.74, 6) is -7.74. The van der Waals surface area contributed by atoms with E-state index in [1.807, 2.05) is 0 Å². The van der Waals surface area contributed by atoms with Gasteiger partial charge in [-0.2, -0.15) is 0 Å². The Balaban J connectivity index is 1.51. The molecule has 0 spiro atoms. The number of carbonyl (C=O) groups excluding carboxylic acids is 5. The quantitative estimate of drug-likeness (QED) is 0.133. The number of aliphatic hydroxyl groups excluding tert-OH is 1. The third-order valence-electron chi connectivity index (χ3n) is 10.1. The number of ketones is 4. The normalized spacial score (nSPS) is 30.6. The van der Waals surface area contributed by atoms with Crippen LogP contribution < -0.4 is 5.32 Å². The number of allylic oxidation sites excluding steroid dienone is 2. The Morgan fingerprint density at radius 2 is 1.65 bits per heavy atom. The zero-order valence-corrected chi connectivity index (χ0v) is 28.1. The molecule has 17 heteroatoms. The topological polar surface area (TPSA) is 257 Å². The summed E-state index contributed by atoms with van der Waals surface area (Å²) < 4.78 is 26.9. The third kappa shape index (κ3) is 4.56. The SMILES string of the molecule is COC(=O)c1c(C)cc2c(c1O)[C@]1(O)C(=O)c3cc4c(c(O)c3C(=O)[C@]1(OC)[C@H](O)C2)C(=O)C=C(N[C@H]1O[C@@H](C)[C@H](OC)C(=NO)[C@H]1OC)C4=O. The number of carbonyl (C=O) groups is 5. The molecule has 0 aromatic heterocycles. The first-order chi connectivity index (χ1) is 24.1. The lowest BCUT2D eigenvalue weighted by atomic mass is 9.56. The highest BCUT2D eigenvalue weighted by molar-refractivity contribution is 6.31. The summed E-state index contributed by atoms with van der Waals surface area (Å²) >= 11 is 0. The molecule has 270 valence electrons. The van der Waals surface area contributed by atoms with Gasteiger partial charge in [-0.3, -0.25) is 19.2 Å². The molecule has 6 rings (SSSR count). The lowest BCUT2D eigenvalue weighted by molar-refractivity contribution is -0.181. The maximum atomic E-state index is 14.6. The number of oxime groups is 1. The van der Waals surface area contributed by atoms with Crippen LogP contribution in [0.2, 0.25) is 0 Å². The molecular formula is C34H34N2O15. The minimum absolute atomic E-state index is 0.0105. The number of phenols is 2. The van der Waals surface area contributed by atoms with E-state index in [1.54, 1.807) is 6.92 Å². The molecule has 0 saturated carbocycles. The molecule has 4 aliphatic rings. The zero-order chi connectivity index (χ0) is 37.5. The van der Waals surface area contributed by atoms with Crippen LogP contribution >= 0.6 is 0 Å². The van der Waals surface area contributed by atoms with Gasteiger partial charge >= 0.3 is 5.97 Å². The van der Waals surface area contributed by atoms with E-state index in [4.69, 9.17) is 23.7 Å². The summed E-state index contributed by atoms with van der Waals surface area (Å²) in [6.07, 6.45) is -5.51. The second kappa shape index (κ2) is 12.3. The van der Waals surface area contributed by atoms with Gasteiger partial charge in [0.1, 0.15) is 35.0 Å². The first-order valence-electron chi connectivity index (χ1n) is 15.5. The molecule has 0 amide bonds.